The molecule has 1 saturated heterocycles. The number of ether oxygens (including phenoxy) is 1. The smallest absolute Gasteiger partial charge is 0.138 e. The van der Waals surface area contributed by atoms with Crippen molar-refractivity contribution in [3.05, 3.63) is 12.2 Å². The van der Waals surface area contributed by atoms with Crippen LogP contribution in [0.4, 0.5) is 0 Å². The molecule has 2 heterocycles. The molecule has 2 unspecified atom stereocenters. The lowest BCUT2D eigenvalue weighted by atomic mass is 10.0. The summed E-state index contributed by atoms with van der Waals surface area (Å²) >= 11 is 0. The van der Waals surface area contributed by atoms with Gasteiger partial charge in [-0.1, -0.05) is 0 Å². The first-order valence-electron chi connectivity index (χ1n) is 6.53. The third-order valence-electron chi connectivity index (χ3n) is 3.28. The first-order chi connectivity index (χ1) is 8.29. The lowest BCUT2D eigenvalue weighted by Gasteiger charge is -2.25. The number of aryl methyl sites for hydroxylation is 1. The fourth-order valence-electron chi connectivity index (χ4n) is 2.36. The Morgan fingerprint density at radius 3 is 3.18 bits per heavy atom. The molecular formula is C12H22N4O. The monoisotopic (exact) mass is 238 g/mol. The number of hydrogen-bond acceptors (Lipinski definition) is 4. The minimum absolute atomic E-state index is 0.118. The molecule has 17 heavy (non-hydrogen) atoms. The predicted molar refractivity (Wildman–Crippen MR) is 65.6 cm³/mol. The summed E-state index contributed by atoms with van der Waals surface area (Å²) in [5, 5.41) is 4.15. The van der Waals surface area contributed by atoms with Gasteiger partial charge in [0, 0.05) is 25.6 Å². The van der Waals surface area contributed by atoms with E-state index in [1.165, 1.54) is 12.8 Å². The molecule has 2 rings (SSSR count). The standard InChI is InChI=1S/C12H22N4O/c1-2-16-12(14-9-15-16)8-10(13)7-11-5-3-4-6-17-11/h9-11H,2-8,13H2,1H3. The van der Waals surface area contributed by atoms with Crippen LogP contribution in [0.2, 0.25) is 0 Å². The minimum Gasteiger partial charge on any atom is -0.378 e. The second-order valence-electron chi connectivity index (χ2n) is 4.68. The molecule has 1 aliphatic rings. The van der Waals surface area contributed by atoms with Crippen LogP contribution in [-0.4, -0.2) is 33.5 Å². The normalized spacial score (nSPS) is 22.6. The van der Waals surface area contributed by atoms with Gasteiger partial charge in [-0.3, -0.25) is 4.68 Å². The highest BCUT2D eigenvalue weighted by Gasteiger charge is 2.18. The van der Waals surface area contributed by atoms with Crippen LogP contribution in [0.3, 0.4) is 0 Å². The zero-order chi connectivity index (χ0) is 12.1. The molecule has 5 nitrogen and oxygen atoms in total. The van der Waals surface area contributed by atoms with Gasteiger partial charge < -0.3 is 10.5 Å². The highest BCUT2D eigenvalue weighted by molar-refractivity contribution is 4.89. The quantitative estimate of drug-likeness (QED) is 0.835. The number of aromatic nitrogens is 3. The Balaban J connectivity index is 1.82. The van der Waals surface area contributed by atoms with Gasteiger partial charge in [-0.15, -0.1) is 0 Å². The maximum absolute atomic E-state index is 6.16. The molecule has 0 spiro atoms. The molecule has 96 valence electrons. The lowest BCUT2D eigenvalue weighted by molar-refractivity contribution is 0.00733. The van der Waals surface area contributed by atoms with Gasteiger partial charge in [0.2, 0.25) is 0 Å². The zero-order valence-electron chi connectivity index (χ0n) is 10.5. The predicted octanol–water partition coefficient (Wildman–Crippen LogP) is 1.13. The van der Waals surface area contributed by atoms with Crippen molar-refractivity contribution in [3.8, 4) is 0 Å². The van der Waals surface area contributed by atoms with Crippen LogP contribution in [0.25, 0.3) is 0 Å². The van der Waals surface area contributed by atoms with Crippen molar-refractivity contribution in [3.63, 3.8) is 0 Å². The summed E-state index contributed by atoms with van der Waals surface area (Å²) in [6.07, 6.45) is 7.26. The molecule has 1 fully saturated rings. The van der Waals surface area contributed by atoms with E-state index in [4.69, 9.17) is 10.5 Å². The number of nitrogens with two attached hydrogens (primary N) is 1. The Bertz CT molecular complexity index is 333. The highest BCUT2D eigenvalue weighted by atomic mass is 16.5. The summed E-state index contributed by atoms with van der Waals surface area (Å²) in [6.45, 7) is 3.80. The summed E-state index contributed by atoms with van der Waals surface area (Å²) in [4.78, 5) is 4.25. The number of hydrogen-bond donors (Lipinski definition) is 1. The summed E-state index contributed by atoms with van der Waals surface area (Å²) in [5.74, 6) is 0.982. The van der Waals surface area contributed by atoms with Crippen molar-refractivity contribution >= 4 is 0 Å². The van der Waals surface area contributed by atoms with Crippen molar-refractivity contribution in [2.75, 3.05) is 6.61 Å². The summed E-state index contributed by atoms with van der Waals surface area (Å²) in [5.41, 5.74) is 6.16. The van der Waals surface area contributed by atoms with Gasteiger partial charge in [-0.25, -0.2) is 4.98 Å². The average Bonchev–Trinajstić information content (AvgIpc) is 2.77. The van der Waals surface area contributed by atoms with Crippen LogP contribution in [0, 0.1) is 0 Å². The lowest BCUT2D eigenvalue weighted by Crippen LogP contribution is -2.32. The summed E-state index contributed by atoms with van der Waals surface area (Å²) in [7, 11) is 0. The topological polar surface area (TPSA) is 66.0 Å². The molecule has 0 radical (unpaired) electrons. The van der Waals surface area contributed by atoms with Gasteiger partial charge in [0.15, 0.2) is 0 Å². The molecule has 1 aliphatic heterocycles. The Kier molecular flexibility index (Phi) is 4.50. The van der Waals surface area contributed by atoms with Crippen LogP contribution in [-0.2, 0) is 17.7 Å². The maximum Gasteiger partial charge on any atom is 0.138 e. The van der Waals surface area contributed by atoms with Gasteiger partial charge in [0.1, 0.15) is 12.2 Å². The zero-order valence-corrected chi connectivity index (χ0v) is 10.5. The molecule has 2 atom stereocenters. The van der Waals surface area contributed by atoms with Crippen LogP contribution in [0.1, 0.15) is 38.4 Å². The Morgan fingerprint density at radius 1 is 1.59 bits per heavy atom. The Morgan fingerprint density at radius 2 is 2.47 bits per heavy atom. The highest BCUT2D eigenvalue weighted by Crippen LogP contribution is 2.17. The van der Waals surface area contributed by atoms with Gasteiger partial charge in [0.25, 0.3) is 0 Å². The Labute approximate surface area is 102 Å². The van der Waals surface area contributed by atoms with E-state index in [1.807, 2.05) is 4.68 Å². The Hall–Kier alpha value is -0.940. The summed E-state index contributed by atoms with van der Waals surface area (Å²) < 4.78 is 7.61. The maximum atomic E-state index is 6.16. The largest absolute Gasteiger partial charge is 0.378 e. The molecule has 0 bridgehead atoms. The second kappa shape index (κ2) is 6.12. The van der Waals surface area contributed by atoms with E-state index in [0.29, 0.717) is 6.10 Å². The first kappa shape index (κ1) is 12.5. The van der Waals surface area contributed by atoms with E-state index in [0.717, 1.165) is 38.2 Å². The summed E-state index contributed by atoms with van der Waals surface area (Å²) in [6, 6.07) is 0.118. The van der Waals surface area contributed by atoms with Gasteiger partial charge >= 0.3 is 0 Å². The van der Waals surface area contributed by atoms with E-state index >= 15 is 0 Å². The van der Waals surface area contributed by atoms with Crippen molar-refractivity contribution in [1.29, 1.82) is 0 Å². The molecule has 5 heteroatoms. The van der Waals surface area contributed by atoms with Gasteiger partial charge in [-0.05, 0) is 32.6 Å². The van der Waals surface area contributed by atoms with Crippen molar-refractivity contribution in [2.24, 2.45) is 5.73 Å². The van der Waals surface area contributed by atoms with Gasteiger partial charge in [0.05, 0.1) is 6.10 Å². The van der Waals surface area contributed by atoms with E-state index in [1.54, 1.807) is 6.33 Å². The van der Waals surface area contributed by atoms with Crippen molar-refractivity contribution in [2.45, 2.75) is 57.7 Å². The van der Waals surface area contributed by atoms with E-state index in [9.17, 15) is 0 Å². The third kappa shape index (κ3) is 3.51. The average molecular weight is 238 g/mol. The van der Waals surface area contributed by atoms with E-state index in [-0.39, 0.29) is 6.04 Å². The molecule has 0 aromatic carbocycles. The third-order valence-corrected chi connectivity index (χ3v) is 3.28. The fraction of sp³-hybridized carbons (Fsp3) is 0.833. The van der Waals surface area contributed by atoms with Crippen LogP contribution in [0.5, 0.6) is 0 Å². The first-order valence-corrected chi connectivity index (χ1v) is 6.53. The number of rotatable bonds is 5. The molecular weight excluding hydrogens is 216 g/mol. The van der Waals surface area contributed by atoms with E-state index in [2.05, 4.69) is 17.0 Å². The van der Waals surface area contributed by atoms with Gasteiger partial charge in [-0.2, -0.15) is 5.10 Å². The minimum atomic E-state index is 0.118. The van der Waals surface area contributed by atoms with Crippen molar-refractivity contribution < 1.29 is 4.74 Å². The molecule has 1 aromatic heterocycles. The molecule has 1 aromatic rings. The fourth-order valence-corrected chi connectivity index (χ4v) is 2.36. The van der Waals surface area contributed by atoms with E-state index < -0.39 is 0 Å². The van der Waals surface area contributed by atoms with Crippen LogP contribution >= 0.6 is 0 Å². The molecule has 0 saturated carbocycles. The molecule has 2 N–H and O–H groups in total. The number of nitrogens with zero attached hydrogens (tertiary/aromatic N) is 3. The van der Waals surface area contributed by atoms with Crippen molar-refractivity contribution in [1.82, 2.24) is 14.8 Å². The SMILES string of the molecule is CCn1ncnc1CC(N)CC1CCCCO1. The molecule has 0 amide bonds. The van der Waals surface area contributed by atoms with Crippen LogP contribution in [0.15, 0.2) is 6.33 Å². The van der Waals surface area contributed by atoms with Crippen LogP contribution < -0.4 is 5.73 Å². The molecule has 0 aliphatic carbocycles. The second-order valence-corrected chi connectivity index (χ2v) is 4.68.